The monoisotopic (exact) mass is 590 g/mol. The molecule has 0 bridgehead atoms. The third-order valence-corrected chi connectivity index (χ3v) is 6.89. The molecular weight excluding hydrogens is 550 g/mol. The van der Waals surface area contributed by atoms with Crippen molar-refractivity contribution in [3.05, 3.63) is 94.6 Å². The van der Waals surface area contributed by atoms with Crippen LogP contribution in [0.3, 0.4) is 0 Å². The number of carbonyl (C=O) groups is 2. The first kappa shape index (κ1) is 33.2. The SMILES string of the molecule is CC.COC(C)=O.COc1ccc(C(=O)COC[N+]2(c3cc(=O)c4cccc(-c5ccccc5)c4o3)CCOCC2)cc1. The first-order valence-electron chi connectivity index (χ1n) is 14.2. The fourth-order valence-corrected chi connectivity index (χ4v) is 4.52. The van der Waals surface area contributed by atoms with Crippen molar-refractivity contribution in [2.45, 2.75) is 20.8 Å². The highest BCUT2D eigenvalue weighted by Crippen LogP contribution is 2.32. The summed E-state index contributed by atoms with van der Waals surface area (Å²) in [7, 11) is 2.93. The second kappa shape index (κ2) is 16.4. The number of hydrogen-bond acceptors (Lipinski definition) is 8. The highest BCUT2D eigenvalue weighted by atomic mass is 16.5. The normalized spacial score (nSPS) is 13.5. The maximum absolute atomic E-state index is 13.2. The molecule has 0 amide bonds. The summed E-state index contributed by atoms with van der Waals surface area (Å²) in [4.78, 5) is 35.5. The summed E-state index contributed by atoms with van der Waals surface area (Å²) >= 11 is 0. The molecule has 9 heteroatoms. The van der Waals surface area contributed by atoms with Gasteiger partial charge >= 0.3 is 11.9 Å². The molecule has 2 heterocycles. The zero-order valence-corrected chi connectivity index (χ0v) is 25.5. The van der Waals surface area contributed by atoms with E-state index in [1.807, 2.05) is 56.3 Å². The van der Waals surface area contributed by atoms with Crippen LogP contribution in [-0.2, 0) is 19.0 Å². The minimum Gasteiger partial charge on any atom is -0.497 e. The molecule has 0 radical (unpaired) electrons. The number of hydrogen-bond donors (Lipinski definition) is 0. The van der Waals surface area contributed by atoms with Gasteiger partial charge < -0.3 is 23.4 Å². The van der Waals surface area contributed by atoms with Crippen molar-refractivity contribution in [3.8, 4) is 16.9 Å². The number of Topliss-reactive ketones (excluding diaryl/α,β-unsaturated/α-hetero) is 1. The van der Waals surface area contributed by atoms with Crippen LogP contribution < -0.4 is 14.6 Å². The van der Waals surface area contributed by atoms with Gasteiger partial charge in [0.1, 0.15) is 25.4 Å². The number of ketones is 1. The van der Waals surface area contributed by atoms with Crippen molar-refractivity contribution < 1.29 is 33.0 Å². The standard InChI is InChI=1S/C29H28NO6.C3H6O2.C2H6/c1-33-23-12-10-22(11-13-23)27(32)19-35-20-30(14-16-34-17-15-30)28-18-26(31)25-9-5-8-24(29(25)36-28)21-6-3-2-4-7-21;1-3(4)5-2;1-2/h2-13,18H,14-17,19-20H2,1H3;1-2H3;1-2H3/q+1;;. The fraction of sp³-hybridized carbons (Fsp3) is 0.324. The number of fused-ring (bicyclic) bond motifs is 1. The Morgan fingerprint density at radius 2 is 1.53 bits per heavy atom. The Hall–Kier alpha value is -4.31. The molecule has 1 aliphatic heterocycles. The van der Waals surface area contributed by atoms with Gasteiger partial charge in [0.05, 0.1) is 38.9 Å². The zero-order valence-electron chi connectivity index (χ0n) is 25.5. The second-order valence-electron chi connectivity index (χ2n) is 9.53. The van der Waals surface area contributed by atoms with Crippen LogP contribution in [0.4, 0.5) is 5.88 Å². The lowest BCUT2D eigenvalue weighted by Crippen LogP contribution is -2.58. The van der Waals surface area contributed by atoms with E-state index in [1.165, 1.54) is 14.0 Å². The Bertz CT molecular complexity index is 1520. The molecule has 1 saturated heterocycles. The summed E-state index contributed by atoms with van der Waals surface area (Å²) in [6.45, 7) is 7.60. The Morgan fingerprint density at radius 3 is 2.14 bits per heavy atom. The minimum absolute atomic E-state index is 0.0831. The third kappa shape index (κ3) is 8.61. The van der Waals surface area contributed by atoms with Crippen molar-refractivity contribution in [2.75, 3.05) is 53.9 Å². The number of esters is 1. The average molecular weight is 591 g/mol. The highest BCUT2D eigenvalue weighted by molar-refractivity contribution is 5.97. The van der Waals surface area contributed by atoms with Gasteiger partial charge in [0, 0.05) is 18.1 Å². The molecule has 5 rings (SSSR count). The molecule has 0 atom stereocenters. The van der Waals surface area contributed by atoms with E-state index < -0.39 is 0 Å². The number of carbonyl (C=O) groups excluding carboxylic acids is 2. The van der Waals surface area contributed by atoms with Gasteiger partial charge in [-0.15, -0.1) is 0 Å². The van der Waals surface area contributed by atoms with E-state index in [-0.39, 0.29) is 35.0 Å². The largest absolute Gasteiger partial charge is 0.497 e. The summed E-state index contributed by atoms with van der Waals surface area (Å²) in [6.07, 6.45) is 0. The van der Waals surface area contributed by atoms with Crippen molar-refractivity contribution >= 4 is 28.6 Å². The van der Waals surface area contributed by atoms with Gasteiger partial charge in [0.15, 0.2) is 23.5 Å². The smallest absolute Gasteiger partial charge is 0.303 e. The predicted octanol–water partition coefficient (Wildman–Crippen LogP) is 5.87. The Labute approximate surface area is 252 Å². The van der Waals surface area contributed by atoms with Crippen molar-refractivity contribution in [2.24, 2.45) is 0 Å². The van der Waals surface area contributed by atoms with E-state index >= 15 is 0 Å². The third-order valence-electron chi connectivity index (χ3n) is 6.89. The van der Waals surface area contributed by atoms with Crippen LogP contribution in [-0.4, -0.2) is 65.6 Å². The molecule has 3 aromatic carbocycles. The highest BCUT2D eigenvalue weighted by Gasteiger charge is 2.37. The van der Waals surface area contributed by atoms with E-state index in [0.29, 0.717) is 54.5 Å². The average Bonchev–Trinajstić information content (AvgIpc) is 3.06. The molecule has 1 fully saturated rings. The van der Waals surface area contributed by atoms with Crippen molar-refractivity contribution in [1.82, 2.24) is 4.48 Å². The minimum atomic E-state index is -0.245. The van der Waals surface area contributed by atoms with E-state index in [4.69, 9.17) is 18.6 Å². The predicted molar refractivity (Wildman–Crippen MR) is 167 cm³/mol. The van der Waals surface area contributed by atoms with E-state index in [0.717, 1.165) is 11.1 Å². The first-order chi connectivity index (χ1) is 20.9. The molecule has 1 aliphatic rings. The molecule has 0 unspecified atom stereocenters. The molecule has 0 N–H and O–H groups in total. The number of nitrogens with zero attached hydrogens (tertiary/aromatic N) is 1. The van der Waals surface area contributed by atoms with Crippen molar-refractivity contribution in [3.63, 3.8) is 0 Å². The number of morpholine rings is 1. The van der Waals surface area contributed by atoms with Gasteiger partial charge in [-0.2, -0.15) is 0 Å². The molecule has 0 aliphatic carbocycles. The summed E-state index contributed by atoms with van der Waals surface area (Å²) in [5, 5.41) is 0.530. The molecule has 228 valence electrons. The molecule has 0 spiro atoms. The summed E-state index contributed by atoms with van der Waals surface area (Å²) in [5.74, 6) is 0.822. The lowest BCUT2D eigenvalue weighted by Gasteiger charge is -2.38. The van der Waals surface area contributed by atoms with Gasteiger partial charge in [-0.1, -0.05) is 56.3 Å². The maximum atomic E-state index is 13.2. The van der Waals surface area contributed by atoms with Gasteiger partial charge in [-0.25, -0.2) is 4.48 Å². The number of para-hydroxylation sites is 1. The van der Waals surface area contributed by atoms with Crippen molar-refractivity contribution in [1.29, 1.82) is 0 Å². The van der Waals surface area contributed by atoms with Gasteiger partial charge in [0.25, 0.3) is 0 Å². The zero-order chi connectivity index (χ0) is 31.2. The van der Waals surface area contributed by atoms with Gasteiger partial charge in [-0.05, 0) is 35.9 Å². The van der Waals surface area contributed by atoms with E-state index in [1.54, 1.807) is 43.5 Å². The lowest BCUT2D eigenvalue weighted by atomic mass is 10.0. The number of methoxy groups -OCH3 is 2. The van der Waals surface area contributed by atoms with E-state index in [2.05, 4.69) is 4.74 Å². The van der Waals surface area contributed by atoms with Gasteiger partial charge in [-0.3, -0.25) is 14.4 Å². The Morgan fingerprint density at radius 1 is 0.884 bits per heavy atom. The summed E-state index contributed by atoms with van der Waals surface area (Å²) < 4.78 is 27.6. The van der Waals surface area contributed by atoms with Crippen LogP contribution in [0.15, 0.2) is 88.1 Å². The number of benzene rings is 3. The molecule has 1 aromatic heterocycles. The first-order valence-corrected chi connectivity index (χ1v) is 14.2. The van der Waals surface area contributed by atoms with Crippen LogP contribution in [0.2, 0.25) is 0 Å². The maximum Gasteiger partial charge on any atom is 0.303 e. The molecule has 4 aromatic rings. The van der Waals surface area contributed by atoms with Crippen LogP contribution >= 0.6 is 0 Å². The molecular formula is C34H40NO8+. The number of quaternary nitrogens is 1. The number of rotatable bonds is 8. The summed E-state index contributed by atoms with van der Waals surface area (Å²) in [6, 6.07) is 24.0. The molecule has 43 heavy (non-hydrogen) atoms. The molecule has 9 nitrogen and oxygen atoms in total. The van der Waals surface area contributed by atoms with Crippen LogP contribution in [0.5, 0.6) is 5.75 Å². The van der Waals surface area contributed by atoms with Gasteiger partial charge in [0.2, 0.25) is 0 Å². The van der Waals surface area contributed by atoms with Crippen LogP contribution in [0.25, 0.3) is 22.1 Å². The summed E-state index contributed by atoms with van der Waals surface area (Å²) in [5.41, 5.74) is 2.81. The number of ether oxygens (including phenoxy) is 4. The lowest BCUT2D eigenvalue weighted by molar-refractivity contribution is -0.137. The quantitative estimate of drug-likeness (QED) is 0.143. The topological polar surface area (TPSA) is 101 Å². The fourth-order valence-electron chi connectivity index (χ4n) is 4.52. The molecule has 0 saturated carbocycles. The second-order valence-corrected chi connectivity index (χ2v) is 9.53. The van der Waals surface area contributed by atoms with Crippen LogP contribution in [0.1, 0.15) is 31.1 Å². The Balaban J connectivity index is 0.000000657. The Kier molecular flexibility index (Phi) is 12.6. The van der Waals surface area contributed by atoms with E-state index in [9.17, 15) is 14.4 Å². The van der Waals surface area contributed by atoms with Crippen LogP contribution in [0, 0.1) is 0 Å².